The number of hydrogen-bond donors (Lipinski definition) is 1. The molecule has 0 aliphatic rings. The van der Waals surface area contributed by atoms with Crippen molar-refractivity contribution in [1.29, 1.82) is 0 Å². The molecule has 1 amide bonds. The molecule has 0 rings (SSSR count). The Morgan fingerprint density at radius 2 is 2.11 bits per heavy atom. The van der Waals surface area contributed by atoms with Crippen molar-refractivity contribution < 1.29 is 19.0 Å². The van der Waals surface area contributed by atoms with Crippen molar-refractivity contribution in [2.24, 2.45) is 0 Å². The van der Waals surface area contributed by atoms with Crippen LogP contribution in [0.3, 0.4) is 0 Å². The lowest BCUT2D eigenvalue weighted by Gasteiger charge is -2.20. The number of amides is 1. The van der Waals surface area contributed by atoms with Crippen molar-refractivity contribution in [3.05, 3.63) is 12.7 Å². The summed E-state index contributed by atoms with van der Waals surface area (Å²) in [5.74, 6) is 0. The van der Waals surface area contributed by atoms with Gasteiger partial charge in [0.1, 0.15) is 12.4 Å². The second kappa shape index (κ2) is 9.81. The standard InChI is InChI=1S/C14H27NO4/c1-6-8-12(18-11-17-5)9-7-10-15-13(16)19-14(2,3)4/h6,12H,1,7-11H2,2-5H3,(H,15,16)/t12-/m1/s1. The number of ether oxygens (including phenoxy) is 3. The molecule has 0 aromatic heterocycles. The molecule has 5 heteroatoms. The van der Waals surface area contributed by atoms with Gasteiger partial charge in [-0.15, -0.1) is 6.58 Å². The highest BCUT2D eigenvalue weighted by Gasteiger charge is 2.15. The van der Waals surface area contributed by atoms with Crippen molar-refractivity contribution in [2.75, 3.05) is 20.4 Å². The largest absolute Gasteiger partial charge is 0.444 e. The molecule has 0 saturated heterocycles. The van der Waals surface area contributed by atoms with Gasteiger partial charge in [0, 0.05) is 13.7 Å². The van der Waals surface area contributed by atoms with E-state index in [1.54, 1.807) is 7.11 Å². The van der Waals surface area contributed by atoms with Crippen LogP contribution >= 0.6 is 0 Å². The maximum atomic E-state index is 11.4. The maximum absolute atomic E-state index is 11.4. The Kier molecular flexibility index (Phi) is 9.26. The molecule has 5 nitrogen and oxygen atoms in total. The van der Waals surface area contributed by atoms with E-state index in [0.717, 1.165) is 19.3 Å². The van der Waals surface area contributed by atoms with Crippen molar-refractivity contribution in [3.63, 3.8) is 0 Å². The lowest BCUT2D eigenvalue weighted by atomic mass is 10.1. The minimum Gasteiger partial charge on any atom is -0.444 e. The van der Waals surface area contributed by atoms with E-state index in [1.807, 2.05) is 26.8 Å². The Morgan fingerprint density at radius 3 is 2.63 bits per heavy atom. The van der Waals surface area contributed by atoms with Crippen LogP contribution in [0.5, 0.6) is 0 Å². The van der Waals surface area contributed by atoms with Crippen LogP contribution in [-0.4, -0.2) is 38.2 Å². The van der Waals surface area contributed by atoms with Gasteiger partial charge in [-0.1, -0.05) is 6.08 Å². The van der Waals surface area contributed by atoms with Crippen LogP contribution in [0.2, 0.25) is 0 Å². The zero-order valence-electron chi connectivity index (χ0n) is 12.5. The SMILES string of the molecule is C=CC[C@H](CCCNC(=O)OC(C)(C)C)OCOC. The molecule has 112 valence electrons. The number of nitrogens with one attached hydrogen (secondary N) is 1. The van der Waals surface area contributed by atoms with Crippen molar-refractivity contribution >= 4 is 6.09 Å². The van der Waals surface area contributed by atoms with Crippen LogP contribution in [0.15, 0.2) is 12.7 Å². The molecule has 0 bridgehead atoms. The molecule has 1 N–H and O–H groups in total. The minimum atomic E-state index is -0.461. The van der Waals surface area contributed by atoms with Crippen LogP contribution in [0, 0.1) is 0 Å². The van der Waals surface area contributed by atoms with E-state index in [1.165, 1.54) is 0 Å². The van der Waals surface area contributed by atoms with E-state index in [2.05, 4.69) is 11.9 Å². The van der Waals surface area contributed by atoms with Gasteiger partial charge in [0.25, 0.3) is 0 Å². The summed E-state index contributed by atoms with van der Waals surface area (Å²) >= 11 is 0. The fourth-order valence-corrected chi connectivity index (χ4v) is 1.45. The molecule has 19 heavy (non-hydrogen) atoms. The van der Waals surface area contributed by atoms with Gasteiger partial charge in [-0.05, 0) is 40.0 Å². The smallest absolute Gasteiger partial charge is 0.407 e. The predicted molar refractivity (Wildman–Crippen MR) is 75.0 cm³/mol. The number of alkyl carbamates (subject to hydrolysis) is 1. The van der Waals surface area contributed by atoms with Gasteiger partial charge >= 0.3 is 6.09 Å². The highest BCUT2D eigenvalue weighted by Crippen LogP contribution is 2.08. The predicted octanol–water partition coefficient (Wildman–Crippen LogP) is 2.86. The second-order valence-electron chi connectivity index (χ2n) is 5.29. The minimum absolute atomic E-state index is 0.0814. The van der Waals surface area contributed by atoms with Crippen molar-refractivity contribution in [3.8, 4) is 0 Å². The molecular weight excluding hydrogens is 246 g/mol. The Bertz CT molecular complexity index is 261. The van der Waals surface area contributed by atoms with Gasteiger partial charge in [0.15, 0.2) is 0 Å². The third-order valence-corrected chi connectivity index (χ3v) is 2.22. The van der Waals surface area contributed by atoms with Crippen LogP contribution in [-0.2, 0) is 14.2 Å². The third-order valence-electron chi connectivity index (χ3n) is 2.22. The van der Waals surface area contributed by atoms with Gasteiger partial charge in [0.2, 0.25) is 0 Å². The molecule has 0 unspecified atom stereocenters. The first-order valence-electron chi connectivity index (χ1n) is 6.57. The molecule has 0 spiro atoms. The van der Waals surface area contributed by atoms with E-state index in [4.69, 9.17) is 14.2 Å². The lowest BCUT2D eigenvalue weighted by Crippen LogP contribution is -2.33. The molecule has 0 saturated carbocycles. The Morgan fingerprint density at radius 1 is 1.42 bits per heavy atom. The zero-order valence-corrected chi connectivity index (χ0v) is 12.5. The third kappa shape index (κ3) is 11.7. The van der Waals surface area contributed by atoms with Crippen LogP contribution in [0.1, 0.15) is 40.0 Å². The lowest BCUT2D eigenvalue weighted by molar-refractivity contribution is -0.0731. The number of carbonyl (C=O) groups excluding carboxylic acids is 1. The first-order valence-corrected chi connectivity index (χ1v) is 6.57. The first-order chi connectivity index (χ1) is 8.89. The molecule has 0 aliphatic heterocycles. The fraction of sp³-hybridized carbons (Fsp3) is 0.786. The fourth-order valence-electron chi connectivity index (χ4n) is 1.45. The molecule has 0 radical (unpaired) electrons. The van der Waals surface area contributed by atoms with E-state index >= 15 is 0 Å². The Balaban J connectivity index is 3.74. The van der Waals surface area contributed by atoms with Crippen molar-refractivity contribution in [1.82, 2.24) is 5.32 Å². The average Bonchev–Trinajstić information content (AvgIpc) is 2.29. The number of carbonyl (C=O) groups is 1. The molecule has 0 heterocycles. The first kappa shape index (κ1) is 17.9. The molecule has 1 atom stereocenters. The van der Waals surface area contributed by atoms with E-state index in [-0.39, 0.29) is 19.0 Å². The molecular formula is C14H27NO4. The average molecular weight is 273 g/mol. The van der Waals surface area contributed by atoms with Gasteiger partial charge in [0.05, 0.1) is 6.10 Å². The van der Waals surface area contributed by atoms with E-state index < -0.39 is 5.60 Å². The summed E-state index contributed by atoms with van der Waals surface area (Å²) in [5.41, 5.74) is -0.461. The highest BCUT2D eigenvalue weighted by atomic mass is 16.7. The summed E-state index contributed by atoms with van der Waals surface area (Å²) < 4.78 is 15.5. The second-order valence-corrected chi connectivity index (χ2v) is 5.29. The van der Waals surface area contributed by atoms with Crippen LogP contribution in [0.4, 0.5) is 4.79 Å². The van der Waals surface area contributed by atoms with Gasteiger partial charge in [-0.2, -0.15) is 0 Å². The summed E-state index contributed by atoms with van der Waals surface area (Å²) in [5, 5.41) is 2.72. The van der Waals surface area contributed by atoms with Crippen molar-refractivity contribution in [2.45, 2.75) is 51.7 Å². The molecule has 0 aliphatic carbocycles. The summed E-state index contributed by atoms with van der Waals surface area (Å²) in [6, 6.07) is 0. The number of rotatable bonds is 9. The molecule has 0 aromatic rings. The quantitative estimate of drug-likeness (QED) is 0.399. The highest BCUT2D eigenvalue weighted by molar-refractivity contribution is 5.67. The van der Waals surface area contributed by atoms with Gasteiger partial charge in [-0.25, -0.2) is 4.79 Å². The summed E-state index contributed by atoms with van der Waals surface area (Å²) in [4.78, 5) is 11.4. The zero-order chi connectivity index (χ0) is 14.7. The summed E-state index contributed by atoms with van der Waals surface area (Å²) in [6.45, 7) is 10.1. The van der Waals surface area contributed by atoms with Crippen LogP contribution in [0.25, 0.3) is 0 Å². The molecule has 0 aromatic carbocycles. The van der Waals surface area contributed by atoms with Gasteiger partial charge < -0.3 is 19.5 Å². The van der Waals surface area contributed by atoms with Gasteiger partial charge in [-0.3, -0.25) is 0 Å². The maximum Gasteiger partial charge on any atom is 0.407 e. The Hall–Kier alpha value is -1.07. The van der Waals surface area contributed by atoms with E-state index in [0.29, 0.717) is 6.54 Å². The van der Waals surface area contributed by atoms with E-state index in [9.17, 15) is 4.79 Å². The number of methoxy groups -OCH3 is 1. The topological polar surface area (TPSA) is 56.8 Å². The number of hydrogen-bond acceptors (Lipinski definition) is 4. The van der Waals surface area contributed by atoms with Crippen LogP contribution < -0.4 is 5.32 Å². The Labute approximate surface area is 116 Å². The summed E-state index contributed by atoms with van der Waals surface area (Å²) in [7, 11) is 1.59. The molecule has 0 fully saturated rings. The summed E-state index contributed by atoms with van der Waals surface area (Å²) in [6.07, 6.45) is 3.95. The normalized spacial score (nSPS) is 12.8. The monoisotopic (exact) mass is 273 g/mol.